The van der Waals surface area contributed by atoms with Crippen LogP contribution in [-0.2, 0) is 0 Å². The lowest BCUT2D eigenvalue weighted by Gasteiger charge is -2.16. The van der Waals surface area contributed by atoms with Gasteiger partial charge in [0.1, 0.15) is 11.2 Å². The second-order valence-corrected chi connectivity index (χ2v) is 14.4. The van der Waals surface area contributed by atoms with Crippen LogP contribution in [0.4, 0.5) is 0 Å². The van der Waals surface area contributed by atoms with Crippen molar-refractivity contribution in [2.75, 3.05) is 0 Å². The number of nitrogens with zero attached hydrogens (tertiary/aromatic N) is 5. The lowest BCUT2D eigenvalue weighted by atomic mass is 9.99. The predicted octanol–water partition coefficient (Wildman–Crippen LogP) is 13.1. The van der Waals surface area contributed by atoms with E-state index in [2.05, 4.69) is 102 Å². The number of rotatable bonds is 6. The van der Waals surface area contributed by atoms with Gasteiger partial charge in [-0.3, -0.25) is 0 Å². The normalized spacial score (nSPS) is 11.4. The van der Waals surface area contributed by atoms with E-state index in [1.54, 1.807) is 0 Å². The number of para-hydroxylation sites is 2. The lowest BCUT2D eigenvalue weighted by molar-refractivity contribution is 0.669. The van der Waals surface area contributed by atoms with E-state index in [-0.39, 0.29) is 0 Å². The Labute approximate surface area is 333 Å². The van der Waals surface area contributed by atoms with Gasteiger partial charge in [-0.2, -0.15) is 5.26 Å². The van der Waals surface area contributed by atoms with Gasteiger partial charge in [-0.05, 0) is 76.9 Å². The van der Waals surface area contributed by atoms with Crippen molar-refractivity contribution >= 4 is 43.7 Å². The van der Waals surface area contributed by atoms with Crippen molar-refractivity contribution in [1.29, 1.82) is 5.26 Å². The van der Waals surface area contributed by atoms with Crippen molar-refractivity contribution in [1.82, 2.24) is 19.5 Å². The van der Waals surface area contributed by atoms with E-state index in [4.69, 9.17) is 19.4 Å². The molecule has 0 radical (unpaired) electrons. The summed E-state index contributed by atoms with van der Waals surface area (Å²) in [5, 5.41) is 14.1. The maximum Gasteiger partial charge on any atom is 0.166 e. The van der Waals surface area contributed by atoms with Gasteiger partial charge in [-0.25, -0.2) is 15.0 Å². The van der Waals surface area contributed by atoms with Crippen LogP contribution in [-0.4, -0.2) is 19.5 Å². The SMILES string of the molecule is N#Cc1cccc(-c2ccc3c4ccccc4n(-c4ccc(-c5ccc6c(c5)oc5ccccc56)cc4-c4nc(-c5ccccc5)nc(-c5ccccc5)n4)c3c2)c1. The van der Waals surface area contributed by atoms with Gasteiger partial charge in [0.25, 0.3) is 0 Å². The highest BCUT2D eigenvalue weighted by atomic mass is 16.3. The molecule has 0 unspecified atom stereocenters. The quantitative estimate of drug-likeness (QED) is 0.169. The van der Waals surface area contributed by atoms with Crippen molar-refractivity contribution in [2.24, 2.45) is 0 Å². The van der Waals surface area contributed by atoms with Crippen LogP contribution in [0, 0.1) is 11.3 Å². The molecule has 3 heterocycles. The zero-order chi connectivity index (χ0) is 38.6. The zero-order valence-electron chi connectivity index (χ0n) is 31.0. The van der Waals surface area contributed by atoms with E-state index in [9.17, 15) is 5.26 Å². The van der Waals surface area contributed by atoms with E-state index >= 15 is 0 Å². The number of nitriles is 1. The minimum atomic E-state index is 0.554. The summed E-state index contributed by atoms with van der Waals surface area (Å²) in [6.45, 7) is 0. The fourth-order valence-corrected chi connectivity index (χ4v) is 8.10. The first kappa shape index (κ1) is 33.2. The van der Waals surface area contributed by atoms with Crippen molar-refractivity contribution in [3.05, 3.63) is 194 Å². The predicted molar refractivity (Wildman–Crippen MR) is 233 cm³/mol. The van der Waals surface area contributed by atoms with E-state index in [0.29, 0.717) is 23.0 Å². The Hall–Kier alpha value is -8.14. The molecule has 3 aromatic heterocycles. The number of furan rings is 1. The van der Waals surface area contributed by atoms with Crippen molar-refractivity contribution < 1.29 is 4.42 Å². The van der Waals surface area contributed by atoms with E-state index in [1.165, 1.54) is 0 Å². The smallest absolute Gasteiger partial charge is 0.166 e. The number of hydrogen-bond donors (Lipinski definition) is 0. The largest absolute Gasteiger partial charge is 0.456 e. The maximum absolute atomic E-state index is 9.71. The fraction of sp³-hybridized carbons (Fsp3) is 0. The highest BCUT2D eigenvalue weighted by Gasteiger charge is 2.21. The topological polar surface area (TPSA) is 80.5 Å². The number of fused-ring (bicyclic) bond motifs is 6. The van der Waals surface area contributed by atoms with Crippen molar-refractivity contribution in [3.8, 4) is 68.2 Å². The molecule has 6 heteroatoms. The maximum atomic E-state index is 9.71. The lowest BCUT2D eigenvalue weighted by Crippen LogP contribution is -2.04. The molecule has 0 aliphatic carbocycles. The first-order valence-electron chi connectivity index (χ1n) is 19.2. The van der Waals surface area contributed by atoms with Crippen LogP contribution in [0.5, 0.6) is 0 Å². The molecule has 0 saturated carbocycles. The van der Waals surface area contributed by atoms with Gasteiger partial charge in [0.2, 0.25) is 0 Å². The Morgan fingerprint density at radius 2 is 0.948 bits per heavy atom. The van der Waals surface area contributed by atoms with Crippen LogP contribution in [0.1, 0.15) is 5.56 Å². The molecule has 0 amide bonds. The molecular weight excluding hydrogens is 711 g/mol. The Balaban J connectivity index is 1.20. The summed E-state index contributed by atoms with van der Waals surface area (Å²) in [5.41, 5.74) is 12.0. The van der Waals surface area contributed by atoms with E-state index < -0.39 is 0 Å². The van der Waals surface area contributed by atoms with Crippen molar-refractivity contribution in [3.63, 3.8) is 0 Å². The zero-order valence-corrected chi connectivity index (χ0v) is 31.0. The Morgan fingerprint density at radius 3 is 1.71 bits per heavy atom. The standard InChI is InChI=1S/C52H31N5O/c53-32-33-12-11-17-36(28-33)38-22-25-41-40-18-7-9-20-45(40)57(47(41)30-38)46-27-24-37(39-23-26-43-42-19-8-10-21-48(42)58-49(43)31-39)29-44(46)52-55-50(34-13-3-1-4-14-34)54-51(56-52)35-15-5-2-6-16-35/h1-31H. The van der Waals surface area contributed by atoms with Crippen LogP contribution in [0.15, 0.2) is 192 Å². The second-order valence-electron chi connectivity index (χ2n) is 14.4. The molecule has 0 saturated heterocycles. The Kier molecular flexibility index (Phi) is 7.76. The van der Waals surface area contributed by atoms with Crippen LogP contribution in [0.3, 0.4) is 0 Å². The molecule has 58 heavy (non-hydrogen) atoms. The Morgan fingerprint density at radius 1 is 0.397 bits per heavy atom. The number of benzene rings is 8. The summed E-state index contributed by atoms with van der Waals surface area (Å²) < 4.78 is 8.66. The molecule has 0 fully saturated rings. The summed E-state index contributed by atoms with van der Waals surface area (Å²) in [7, 11) is 0. The molecule has 0 atom stereocenters. The average Bonchev–Trinajstić information content (AvgIpc) is 3.84. The molecule has 270 valence electrons. The minimum absolute atomic E-state index is 0.554. The highest BCUT2D eigenvalue weighted by Crippen LogP contribution is 2.40. The third-order valence-corrected chi connectivity index (χ3v) is 10.9. The second kappa shape index (κ2) is 13.6. The first-order chi connectivity index (χ1) is 28.7. The van der Waals surface area contributed by atoms with Gasteiger partial charge < -0.3 is 8.98 Å². The summed E-state index contributed by atoms with van der Waals surface area (Å²) in [6, 6.07) is 66.3. The minimum Gasteiger partial charge on any atom is -0.456 e. The van der Waals surface area contributed by atoms with Gasteiger partial charge in [0.05, 0.1) is 28.4 Å². The first-order valence-corrected chi connectivity index (χ1v) is 19.2. The molecule has 6 nitrogen and oxygen atoms in total. The third kappa shape index (κ3) is 5.61. The van der Waals surface area contributed by atoms with E-state index in [1.807, 2.05) is 97.1 Å². The van der Waals surface area contributed by atoms with Gasteiger partial charge in [0, 0.05) is 38.2 Å². The summed E-state index contributed by atoms with van der Waals surface area (Å²) >= 11 is 0. The van der Waals surface area contributed by atoms with Gasteiger partial charge in [-0.1, -0.05) is 133 Å². The molecule has 0 N–H and O–H groups in total. The molecule has 11 rings (SSSR count). The third-order valence-electron chi connectivity index (χ3n) is 10.9. The molecule has 0 spiro atoms. The van der Waals surface area contributed by atoms with Crippen LogP contribution >= 0.6 is 0 Å². The molecule has 8 aromatic carbocycles. The van der Waals surface area contributed by atoms with Crippen LogP contribution in [0.25, 0.3) is 106 Å². The van der Waals surface area contributed by atoms with Crippen molar-refractivity contribution in [2.45, 2.75) is 0 Å². The monoisotopic (exact) mass is 741 g/mol. The summed E-state index contributed by atoms with van der Waals surface area (Å²) in [6.07, 6.45) is 0. The summed E-state index contributed by atoms with van der Waals surface area (Å²) in [4.78, 5) is 15.5. The average molecular weight is 742 g/mol. The molecule has 0 bridgehead atoms. The number of aromatic nitrogens is 4. The van der Waals surface area contributed by atoms with Gasteiger partial charge >= 0.3 is 0 Å². The van der Waals surface area contributed by atoms with Crippen LogP contribution in [0.2, 0.25) is 0 Å². The molecule has 0 aliphatic rings. The Bertz CT molecular complexity index is 3360. The highest BCUT2D eigenvalue weighted by molar-refractivity contribution is 6.11. The van der Waals surface area contributed by atoms with Crippen LogP contribution < -0.4 is 0 Å². The molecule has 0 aliphatic heterocycles. The van der Waals surface area contributed by atoms with E-state index in [0.717, 1.165) is 88.4 Å². The van der Waals surface area contributed by atoms with Gasteiger partial charge in [-0.15, -0.1) is 0 Å². The fourth-order valence-electron chi connectivity index (χ4n) is 8.10. The van der Waals surface area contributed by atoms with Gasteiger partial charge in [0.15, 0.2) is 17.5 Å². The number of hydrogen-bond acceptors (Lipinski definition) is 5. The summed E-state index contributed by atoms with van der Waals surface area (Å²) in [5.74, 6) is 1.73. The molecular formula is C52H31N5O. The molecule has 11 aromatic rings.